The lowest BCUT2D eigenvalue weighted by atomic mass is 9.51. The van der Waals surface area contributed by atoms with Gasteiger partial charge in [-0.25, -0.2) is 4.79 Å². The summed E-state index contributed by atoms with van der Waals surface area (Å²) in [6.45, 7) is 5.02. The fraction of sp³-hybridized carbons (Fsp3) is 0.467. The van der Waals surface area contributed by atoms with Gasteiger partial charge in [0.2, 0.25) is 5.91 Å². The third-order valence-electron chi connectivity index (χ3n) is 9.33. The van der Waals surface area contributed by atoms with Crippen molar-refractivity contribution in [3.63, 3.8) is 0 Å². The molecular formula is C30H32Cl2N2O5. The van der Waals surface area contributed by atoms with E-state index in [0.717, 1.165) is 49.9 Å². The Balaban J connectivity index is 1.37. The number of benzene rings is 2. The molecule has 0 aromatic heterocycles. The molecule has 1 N–H and O–H groups in total. The number of likely N-dealkylation sites (tertiary alicyclic amines) is 1. The Bertz CT molecular complexity index is 1350. The molecule has 2 aliphatic carbocycles. The second kappa shape index (κ2) is 10.1. The van der Waals surface area contributed by atoms with E-state index in [1.807, 2.05) is 30.2 Å². The summed E-state index contributed by atoms with van der Waals surface area (Å²) in [5, 5.41) is 10.2. The maximum atomic E-state index is 13.6. The zero-order valence-electron chi connectivity index (χ0n) is 21.9. The second-order valence-electron chi connectivity index (χ2n) is 11.1. The molecule has 4 aliphatic rings. The predicted octanol–water partition coefficient (Wildman–Crippen LogP) is 4.19. The SMILES string of the molecule is C=CCN1CC[C@]23c4c5ccc(OC(=O)CO)c4OC2C(N(C)C(=O)Cc2ccc(Cl)c(Cl)c2)CC[C@H]3[C@H]1C5. The Morgan fingerprint density at radius 2 is 2.08 bits per heavy atom. The molecule has 6 rings (SSSR count). The lowest BCUT2D eigenvalue weighted by Crippen LogP contribution is -2.69. The van der Waals surface area contributed by atoms with Gasteiger partial charge in [0.05, 0.1) is 22.5 Å². The molecule has 2 unspecified atom stereocenters. The molecule has 1 spiro atoms. The number of esters is 1. The van der Waals surface area contributed by atoms with Crippen LogP contribution in [0.3, 0.4) is 0 Å². The van der Waals surface area contributed by atoms with Crippen molar-refractivity contribution in [2.75, 3.05) is 26.7 Å². The van der Waals surface area contributed by atoms with Crippen LogP contribution in [0.4, 0.5) is 0 Å². The fourth-order valence-electron chi connectivity index (χ4n) is 7.75. The van der Waals surface area contributed by atoms with Crippen molar-refractivity contribution in [2.24, 2.45) is 5.92 Å². The molecule has 206 valence electrons. The van der Waals surface area contributed by atoms with Gasteiger partial charge in [-0.2, -0.15) is 0 Å². The molecule has 2 aliphatic heterocycles. The molecule has 1 amide bonds. The summed E-state index contributed by atoms with van der Waals surface area (Å²) in [5.74, 6) is 0.543. The Morgan fingerprint density at radius 3 is 2.82 bits per heavy atom. The molecule has 2 bridgehead atoms. The minimum Gasteiger partial charge on any atom is -0.483 e. The van der Waals surface area contributed by atoms with Gasteiger partial charge in [-0.15, -0.1) is 6.58 Å². The lowest BCUT2D eigenvalue weighted by Gasteiger charge is -2.60. The summed E-state index contributed by atoms with van der Waals surface area (Å²) in [6.07, 6.45) is 5.47. The first-order chi connectivity index (χ1) is 18.8. The van der Waals surface area contributed by atoms with Crippen LogP contribution in [0.25, 0.3) is 0 Å². The summed E-state index contributed by atoms with van der Waals surface area (Å²) in [5.41, 5.74) is 2.86. The topological polar surface area (TPSA) is 79.3 Å². The summed E-state index contributed by atoms with van der Waals surface area (Å²) in [7, 11) is 1.86. The van der Waals surface area contributed by atoms with Crippen LogP contribution in [-0.4, -0.2) is 71.7 Å². The van der Waals surface area contributed by atoms with Gasteiger partial charge < -0.3 is 19.5 Å². The van der Waals surface area contributed by atoms with Crippen molar-refractivity contribution in [1.82, 2.24) is 9.80 Å². The summed E-state index contributed by atoms with van der Waals surface area (Å²) in [4.78, 5) is 30.0. The van der Waals surface area contributed by atoms with Gasteiger partial charge in [0.25, 0.3) is 0 Å². The quantitative estimate of drug-likeness (QED) is 0.305. The first-order valence-corrected chi connectivity index (χ1v) is 14.2. The number of hydrogen-bond donors (Lipinski definition) is 1. The number of aliphatic hydroxyl groups is 1. The molecule has 2 heterocycles. The van der Waals surface area contributed by atoms with E-state index in [1.165, 1.54) is 5.56 Å². The molecule has 2 fully saturated rings. The van der Waals surface area contributed by atoms with E-state index in [-0.39, 0.29) is 29.9 Å². The summed E-state index contributed by atoms with van der Waals surface area (Å²) < 4.78 is 12.3. The van der Waals surface area contributed by atoms with Crippen LogP contribution in [0.2, 0.25) is 10.0 Å². The van der Waals surface area contributed by atoms with Crippen LogP contribution in [-0.2, 0) is 27.8 Å². The number of piperidine rings is 1. The minimum atomic E-state index is -0.723. The van der Waals surface area contributed by atoms with Gasteiger partial charge in [0.1, 0.15) is 12.7 Å². The van der Waals surface area contributed by atoms with E-state index in [2.05, 4.69) is 11.5 Å². The van der Waals surface area contributed by atoms with Crippen molar-refractivity contribution < 1.29 is 24.2 Å². The highest BCUT2D eigenvalue weighted by atomic mass is 35.5. The number of ether oxygens (including phenoxy) is 2. The summed E-state index contributed by atoms with van der Waals surface area (Å²) in [6, 6.07) is 9.29. The molecule has 0 radical (unpaired) electrons. The van der Waals surface area contributed by atoms with Gasteiger partial charge in [0, 0.05) is 30.6 Å². The predicted molar refractivity (Wildman–Crippen MR) is 149 cm³/mol. The molecule has 2 aromatic carbocycles. The Labute approximate surface area is 238 Å². The maximum absolute atomic E-state index is 13.6. The maximum Gasteiger partial charge on any atom is 0.337 e. The third kappa shape index (κ3) is 4.17. The molecule has 5 atom stereocenters. The molecule has 2 aromatic rings. The van der Waals surface area contributed by atoms with Crippen LogP contribution in [0.1, 0.15) is 36.0 Å². The lowest BCUT2D eigenvalue weighted by molar-refractivity contribution is -0.139. The van der Waals surface area contributed by atoms with Gasteiger partial charge in [-0.3, -0.25) is 9.69 Å². The smallest absolute Gasteiger partial charge is 0.337 e. The first-order valence-electron chi connectivity index (χ1n) is 13.5. The van der Waals surface area contributed by atoms with Crippen LogP contribution < -0.4 is 9.47 Å². The molecule has 1 saturated carbocycles. The number of carbonyl (C=O) groups is 2. The Morgan fingerprint density at radius 1 is 1.26 bits per heavy atom. The molecule has 7 nitrogen and oxygen atoms in total. The minimum absolute atomic E-state index is 0.0172. The molecule has 1 saturated heterocycles. The molecule has 39 heavy (non-hydrogen) atoms. The van der Waals surface area contributed by atoms with Crippen LogP contribution >= 0.6 is 23.2 Å². The van der Waals surface area contributed by atoms with Crippen LogP contribution in [0, 0.1) is 5.92 Å². The van der Waals surface area contributed by atoms with Crippen LogP contribution in [0.15, 0.2) is 43.0 Å². The highest BCUT2D eigenvalue weighted by Gasteiger charge is 2.66. The van der Waals surface area contributed by atoms with E-state index in [1.54, 1.807) is 18.2 Å². The Hall–Kier alpha value is -2.58. The van der Waals surface area contributed by atoms with E-state index in [9.17, 15) is 14.7 Å². The largest absolute Gasteiger partial charge is 0.483 e. The van der Waals surface area contributed by atoms with Crippen molar-refractivity contribution in [2.45, 2.75) is 55.7 Å². The zero-order valence-corrected chi connectivity index (χ0v) is 23.4. The number of amides is 1. The van der Waals surface area contributed by atoms with Crippen molar-refractivity contribution in [3.8, 4) is 11.5 Å². The number of likely N-dealkylation sites (N-methyl/N-ethyl adjacent to an activating group) is 1. The summed E-state index contributed by atoms with van der Waals surface area (Å²) >= 11 is 12.3. The average Bonchev–Trinajstić information content (AvgIpc) is 3.27. The Kier molecular flexibility index (Phi) is 6.91. The first kappa shape index (κ1) is 26.6. The van der Waals surface area contributed by atoms with E-state index < -0.39 is 12.6 Å². The van der Waals surface area contributed by atoms with E-state index in [0.29, 0.717) is 33.5 Å². The van der Waals surface area contributed by atoms with Crippen molar-refractivity contribution in [1.29, 1.82) is 0 Å². The van der Waals surface area contributed by atoms with Crippen molar-refractivity contribution >= 4 is 35.1 Å². The number of aliphatic hydroxyl groups excluding tert-OH is 1. The van der Waals surface area contributed by atoms with Crippen LogP contribution in [0.5, 0.6) is 11.5 Å². The molecular weight excluding hydrogens is 539 g/mol. The number of carbonyl (C=O) groups excluding carboxylic acids is 2. The van der Waals surface area contributed by atoms with Crippen molar-refractivity contribution in [3.05, 3.63) is 69.7 Å². The van der Waals surface area contributed by atoms with Gasteiger partial charge in [-0.05, 0) is 67.5 Å². The molecule has 9 heteroatoms. The normalized spacial score (nSPS) is 28.3. The van der Waals surface area contributed by atoms with E-state index >= 15 is 0 Å². The van der Waals surface area contributed by atoms with Gasteiger partial charge in [0.15, 0.2) is 11.5 Å². The number of hydrogen-bond acceptors (Lipinski definition) is 6. The van der Waals surface area contributed by atoms with Gasteiger partial charge >= 0.3 is 5.97 Å². The highest BCUT2D eigenvalue weighted by molar-refractivity contribution is 6.42. The highest BCUT2D eigenvalue weighted by Crippen LogP contribution is 2.64. The second-order valence-corrected chi connectivity index (χ2v) is 11.9. The standard InChI is InChI=1S/C30H32Cl2N2O5/c1-3-11-34-12-10-30-19-6-8-22(33(2)25(36)14-17-4-7-20(31)21(32)13-17)29(30)39-28-24(38-26(37)16-35)9-5-18(27(28)30)15-23(19)34/h3-5,7,9,13,19,22-23,29,35H,1,6,8,10-12,14-16H2,2H3/t19-,22?,23+,29?,30-/m0/s1. The fourth-order valence-corrected chi connectivity index (χ4v) is 8.07. The average molecular weight is 572 g/mol. The third-order valence-corrected chi connectivity index (χ3v) is 10.1. The van der Waals surface area contributed by atoms with E-state index in [4.69, 9.17) is 32.7 Å². The van der Waals surface area contributed by atoms with Gasteiger partial charge in [-0.1, -0.05) is 41.4 Å². The number of rotatable bonds is 7. The number of halogens is 2. The zero-order chi connectivity index (χ0) is 27.5. The monoisotopic (exact) mass is 570 g/mol. The number of nitrogens with zero attached hydrogens (tertiary/aromatic N) is 2.